The fourth-order valence-electron chi connectivity index (χ4n) is 5.93. The quantitative estimate of drug-likeness (QED) is 0.264. The number of halogens is 1. The topological polar surface area (TPSA) is 87.2 Å². The van der Waals surface area contributed by atoms with Gasteiger partial charge in [0.15, 0.2) is 0 Å². The lowest BCUT2D eigenvalue weighted by Gasteiger charge is -2.26. The molecule has 2 heterocycles. The standard InChI is InChI=1S/C31H44ClN7O/c1-3-39-17-11-16-25(39)20-33-29-36-30(34-24-14-9-4-5-10-15-24)38-31(37-29)35-27-19-26(32)28(18-22(27)2)40-21-23-12-7-6-8-13-23/h6-8,12-13,18-19,22,24-25,27H,3-5,9-11,14-17,20-21H2,1-2H3,(H3,33,34,35,36,37,38). The van der Waals surface area contributed by atoms with Crippen LogP contribution in [-0.4, -0.2) is 57.6 Å². The molecule has 3 unspecified atom stereocenters. The van der Waals surface area contributed by atoms with E-state index in [1.807, 2.05) is 36.4 Å². The van der Waals surface area contributed by atoms with Crippen molar-refractivity contribution >= 4 is 29.4 Å². The molecule has 1 aliphatic heterocycles. The van der Waals surface area contributed by atoms with Crippen LogP contribution in [0.4, 0.5) is 17.8 Å². The van der Waals surface area contributed by atoms with Crippen molar-refractivity contribution in [2.45, 2.75) is 89.9 Å². The number of rotatable bonds is 11. The Morgan fingerprint density at radius 2 is 1.62 bits per heavy atom. The van der Waals surface area contributed by atoms with Crippen LogP contribution < -0.4 is 16.0 Å². The molecule has 2 aliphatic carbocycles. The number of nitrogens with zero attached hydrogens (tertiary/aromatic N) is 4. The van der Waals surface area contributed by atoms with Crippen molar-refractivity contribution in [2.75, 3.05) is 35.6 Å². The van der Waals surface area contributed by atoms with E-state index >= 15 is 0 Å². The average molecular weight is 566 g/mol. The molecule has 5 rings (SSSR count). The smallest absolute Gasteiger partial charge is 0.229 e. The summed E-state index contributed by atoms with van der Waals surface area (Å²) in [6.07, 6.45) is 13.9. The predicted octanol–water partition coefficient (Wildman–Crippen LogP) is 6.56. The molecular formula is C31H44ClN7O. The van der Waals surface area contributed by atoms with Gasteiger partial charge in [-0.15, -0.1) is 0 Å². The van der Waals surface area contributed by atoms with Crippen molar-refractivity contribution in [3.05, 3.63) is 58.8 Å². The number of hydrogen-bond acceptors (Lipinski definition) is 8. The van der Waals surface area contributed by atoms with E-state index in [9.17, 15) is 0 Å². The van der Waals surface area contributed by atoms with E-state index in [1.165, 1.54) is 45.1 Å². The Morgan fingerprint density at radius 3 is 2.38 bits per heavy atom. The highest BCUT2D eigenvalue weighted by atomic mass is 35.5. The highest BCUT2D eigenvalue weighted by molar-refractivity contribution is 6.31. The second-order valence-electron chi connectivity index (χ2n) is 11.3. The second kappa shape index (κ2) is 14.2. The minimum absolute atomic E-state index is 0.0667. The van der Waals surface area contributed by atoms with Gasteiger partial charge in [0.2, 0.25) is 17.8 Å². The number of hydrogen-bond donors (Lipinski definition) is 3. The third kappa shape index (κ3) is 7.88. The summed E-state index contributed by atoms with van der Waals surface area (Å²) in [5.74, 6) is 2.63. The summed E-state index contributed by atoms with van der Waals surface area (Å²) in [5.41, 5.74) is 1.11. The van der Waals surface area contributed by atoms with Gasteiger partial charge < -0.3 is 20.7 Å². The average Bonchev–Trinajstić information content (AvgIpc) is 3.27. The minimum Gasteiger partial charge on any atom is -0.488 e. The van der Waals surface area contributed by atoms with Crippen LogP contribution in [0.15, 0.2) is 53.3 Å². The van der Waals surface area contributed by atoms with Gasteiger partial charge in [-0.05, 0) is 56.5 Å². The fourth-order valence-corrected chi connectivity index (χ4v) is 6.18. The molecule has 1 aromatic heterocycles. The van der Waals surface area contributed by atoms with Crippen LogP contribution >= 0.6 is 11.6 Å². The van der Waals surface area contributed by atoms with Crippen molar-refractivity contribution in [1.29, 1.82) is 0 Å². The first-order valence-corrected chi connectivity index (χ1v) is 15.5. The zero-order valence-corrected chi connectivity index (χ0v) is 24.7. The summed E-state index contributed by atoms with van der Waals surface area (Å²) in [5, 5.41) is 11.3. The van der Waals surface area contributed by atoms with Gasteiger partial charge in [-0.3, -0.25) is 4.90 Å². The number of ether oxygens (including phenoxy) is 1. The molecule has 2 aromatic rings. The van der Waals surface area contributed by atoms with Crippen LogP contribution in [0.3, 0.4) is 0 Å². The van der Waals surface area contributed by atoms with Crippen LogP contribution in [0.5, 0.6) is 0 Å². The minimum atomic E-state index is -0.0667. The normalized spacial score (nSPS) is 24.1. The molecule has 2 fully saturated rings. The van der Waals surface area contributed by atoms with E-state index < -0.39 is 0 Å². The Hall–Kier alpha value is -2.84. The van der Waals surface area contributed by atoms with Crippen molar-refractivity contribution in [3.63, 3.8) is 0 Å². The number of nitrogens with one attached hydrogen (secondary N) is 3. The molecule has 1 aromatic carbocycles. The van der Waals surface area contributed by atoms with E-state index in [1.54, 1.807) is 0 Å². The molecule has 40 heavy (non-hydrogen) atoms. The van der Waals surface area contributed by atoms with E-state index in [-0.39, 0.29) is 12.0 Å². The molecule has 0 spiro atoms. The van der Waals surface area contributed by atoms with Gasteiger partial charge in [0.25, 0.3) is 0 Å². The Labute approximate surface area is 244 Å². The summed E-state index contributed by atoms with van der Waals surface area (Å²) < 4.78 is 6.05. The summed E-state index contributed by atoms with van der Waals surface area (Å²) in [6.45, 7) is 7.93. The van der Waals surface area contributed by atoms with Crippen molar-refractivity contribution in [3.8, 4) is 0 Å². The molecule has 0 amide bonds. The first kappa shape index (κ1) is 28.7. The molecule has 3 atom stereocenters. The number of allylic oxidation sites excluding steroid dienone is 1. The third-order valence-electron chi connectivity index (χ3n) is 8.30. The number of anilines is 3. The summed E-state index contributed by atoms with van der Waals surface area (Å²) in [6, 6.07) is 11.0. The highest BCUT2D eigenvalue weighted by Crippen LogP contribution is 2.29. The fraction of sp³-hybridized carbons (Fsp3) is 0.581. The molecule has 3 aliphatic rings. The van der Waals surface area contributed by atoms with Crippen LogP contribution in [0, 0.1) is 5.92 Å². The molecule has 0 radical (unpaired) electrons. The van der Waals surface area contributed by atoms with Crippen molar-refractivity contribution in [1.82, 2.24) is 19.9 Å². The van der Waals surface area contributed by atoms with Crippen molar-refractivity contribution in [2.24, 2.45) is 5.92 Å². The molecule has 1 saturated carbocycles. The van der Waals surface area contributed by atoms with E-state index in [0.29, 0.717) is 47.3 Å². The Kier molecular flexibility index (Phi) is 10.2. The lowest BCUT2D eigenvalue weighted by molar-refractivity contribution is 0.205. The Morgan fingerprint density at radius 1 is 0.900 bits per heavy atom. The zero-order valence-electron chi connectivity index (χ0n) is 23.9. The molecular weight excluding hydrogens is 522 g/mol. The van der Waals surface area contributed by atoms with Gasteiger partial charge in [-0.2, -0.15) is 15.0 Å². The third-order valence-corrected chi connectivity index (χ3v) is 8.61. The molecule has 216 valence electrons. The Bertz CT molecular complexity index is 1150. The zero-order chi connectivity index (χ0) is 27.7. The summed E-state index contributed by atoms with van der Waals surface area (Å²) >= 11 is 6.68. The van der Waals surface area contributed by atoms with Gasteiger partial charge in [0, 0.05) is 24.5 Å². The molecule has 1 saturated heterocycles. The molecule has 3 N–H and O–H groups in total. The van der Waals surface area contributed by atoms with Gasteiger partial charge in [-0.1, -0.05) is 81.5 Å². The number of likely N-dealkylation sites (N-methyl/N-ethyl adjacent to an activating group) is 1. The predicted molar refractivity (Wildman–Crippen MR) is 164 cm³/mol. The van der Waals surface area contributed by atoms with Crippen LogP contribution in [0.1, 0.15) is 70.8 Å². The number of likely N-dealkylation sites (tertiary alicyclic amines) is 1. The number of benzene rings is 1. The summed E-state index contributed by atoms with van der Waals surface area (Å²) in [7, 11) is 0. The van der Waals surface area contributed by atoms with Gasteiger partial charge >= 0.3 is 0 Å². The maximum absolute atomic E-state index is 6.68. The van der Waals surface area contributed by atoms with Gasteiger partial charge in [-0.25, -0.2) is 0 Å². The first-order chi connectivity index (χ1) is 19.6. The largest absolute Gasteiger partial charge is 0.488 e. The van der Waals surface area contributed by atoms with Crippen molar-refractivity contribution < 1.29 is 4.74 Å². The monoisotopic (exact) mass is 565 g/mol. The SMILES string of the molecule is CCN1CCCC1CNc1nc(NC2CCCCCC2)nc(NC2C=C(Cl)C(OCc3ccccc3)=CC2C)n1. The molecule has 0 bridgehead atoms. The van der Waals surface area contributed by atoms with Crippen LogP contribution in [0.2, 0.25) is 0 Å². The second-order valence-corrected chi connectivity index (χ2v) is 11.7. The first-order valence-electron chi connectivity index (χ1n) is 15.1. The maximum atomic E-state index is 6.68. The van der Waals surface area contributed by atoms with Gasteiger partial charge in [0.05, 0.1) is 11.1 Å². The van der Waals surface area contributed by atoms with E-state index in [4.69, 9.17) is 31.3 Å². The maximum Gasteiger partial charge on any atom is 0.229 e. The summed E-state index contributed by atoms with van der Waals surface area (Å²) in [4.78, 5) is 16.9. The molecule has 9 heteroatoms. The Balaban J connectivity index is 1.28. The van der Waals surface area contributed by atoms with Gasteiger partial charge in [0.1, 0.15) is 12.4 Å². The molecule has 8 nitrogen and oxygen atoms in total. The van der Waals surface area contributed by atoms with E-state index in [2.05, 4.69) is 40.8 Å². The number of aromatic nitrogens is 3. The van der Waals surface area contributed by atoms with Crippen LogP contribution in [-0.2, 0) is 11.3 Å². The van der Waals surface area contributed by atoms with Crippen LogP contribution in [0.25, 0.3) is 0 Å². The lowest BCUT2D eigenvalue weighted by Crippen LogP contribution is -2.35. The lowest BCUT2D eigenvalue weighted by atomic mass is 9.96. The van der Waals surface area contributed by atoms with E-state index in [0.717, 1.165) is 31.5 Å². The highest BCUT2D eigenvalue weighted by Gasteiger charge is 2.25.